The summed E-state index contributed by atoms with van der Waals surface area (Å²) in [5.74, 6) is 0. The molecule has 0 fully saturated rings. The Bertz CT molecular complexity index is 324. The van der Waals surface area contributed by atoms with E-state index in [-0.39, 0.29) is 18.1 Å². The Morgan fingerprint density at radius 3 is 2.50 bits per heavy atom. The molecule has 0 saturated heterocycles. The molecular weight excluding hydrogens is 202 g/mol. The third-order valence-corrected chi connectivity index (χ3v) is 2.13. The third-order valence-electron chi connectivity index (χ3n) is 2.13. The lowest BCUT2D eigenvalue weighted by molar-refractivity contribution is 0.248. The standard InChI is InChI=1S/C12H19N3O/c1-9(13)8-10(2)14-12(16)15-11-6-4-3-5-7-11/h3-7,9-10H,8,13H2,1-2H3,(H2,14,15,16). The lowest BCUT2D eigenvalue weighted by atomic mass is 10.1. The molecule has 2 amide bonds. The van der Waals surface area contributed by atoms with Crippen molar-refractivity contribution in [3.63, 3.8) is 0 Å². The van der Waals surface area contributed by atoms with Crippen LogP contribution in [0.4, 0.5) is 10.5 Å². The first kappa shape index (κ1) is 12.5. The van der Waals surface area contributed by atoms with Crippen molar-refractivity contribution in [2.45, 2.75) is 32.4 Å². The molecule has 2 atom stereocenters. The Morgan fingerprint density at radius 2 is 1.94 bits per heavy atom. The largest absolute Gasteiger partial charge is 0.335 e. The summed E-state index contributed by atoms with van der Waals surface area (Å²) in [5, 5.41) is 5.58. The first-order chi connectivity index (χ1) is 7.58. The fourth-order valence-corrected chi connectivity index (χ4v) is 1.53. The van der Waals surface area contributed by atoms with Gasteiger partial charge in [-0.15, -0.1) is 0 Å². The first-order valence-corrected chi connectivity index (χ1v) is 5.46. The summed E-state index contributed by atoms with van der Waals surface area (Å²) in [4.78, 5) is 11.5. The van der Waals surface area contributed by atoms with Gasteiger partial charge in [-0.25, -0.2) is 4.79 Å². The molecule has 1 aromatic rings. The van der Waals surface area contributed by atoms with Gasteiger partial charge in [-0.2, -0.15) is 0 Å². The van der Waals surface area contributed by atoms with Crippen LogP contribution in [-0.4, -0.2) is 18.1 Å². The zero-order chi connectivity index (χ0) is 12.0. The van der Waals surface area contributed by atoms with Gasteiger partial charge in [-0.1, -0.05) is 18.2 Å². The van der Waals surface area contributed by atoms with E-state index in [1.807, 2.05) is 44.2 Å². The van der Waals surface area contributed by atoms with Crippen molar-refractivity contribution in [2.75, 3.05) is 5.32 Å². The molecule has 0 saturated carbocycles. The first-order valence-electron chi connectivity index (χ1n) is 5.46. The molecule has 16 heavy (non-hydrogen) atoms. The van der Waals surface area contributed by atoms with Crippen molar-refractivity contribution in [2.24, 2.45) is 5.73 Å². The summed E-state index contributed by atoms with van der Waals surface area (Å²) in [6, 6.07) is 9.31. The van der Waals surface area contributed by atoms with Crippen LogP contribution in [0.1, 0.15) is 20.3 Å². The second-order valence-corrected chi connectivity index (χ2v) is 4.08. The van der Waals surface area contributed by atoms with Gasteiger partial charge in [0.1, 0.15) is 0 Å². The molecule has 0 spiro atoms. The number of carbonyl (C=O) groups excluding carboxylic acids is 1. The molecule has 88 valence electrons. The molecule has 4 nitrogen and oxygen atoms in total. The Labute approximate surface area is 96.2 Å². The number of nitrogens with one attached hydrogen (secondary N) is 2. The van der Waals surface area contributed by atoms with E-state index in [0.29, 0.717) is 0 Å². The minimum absolute atomic E-state index is 0.0729. The highest BCUT2D eigenvalue weighted by Gasteiger charge is 2.08. The van der Waals surface area contributed by atoms with Gasteiger partial charge in [-0.3, -0.25) is 0 Å². The quantitative estimate of drug-likeness (QED) is 0.727. The second kappa shape index (κ2) is 6.12. The van der Waals surface area contributed by atoms with Crippen molar-refractivity contribution in [3.05, 3.63) is 30.3 Å². The highest BCUT2D eigenvalue weighted by molar-refractivity contribution is 5.89. The molecule has 0 aliphatic heterocycles. The summed E-state index contributed by atoms with van der Waals surface area (Å²) in [6.45, 7) is 3.86. The molecule has 2 unspecified atom stereocenters. The molecule has 4 N–H and O–H groups in total. The lowest BCUT2D eigenvalue weighted by Gasteiger charge is -2.16. The highest BCUT2D eigenvalue weighted by Crippen LogP contribution is 2.04. The van der Waals surface area contributed by atoms with Crippen molar-refractivity contribution < 1.29 is 4.79 Å². The molecule has 0 heterocycles. The van der Waals surface area contributed by atoms with Gasteiger partial charge in [0, 0.05) is 17.8 Å². The number of hydrogen-bond donors (Lipinski definition) is 3. The lowest BCUT2D eigenvalue weighted by Crippen LogP contribution is -2.39. The molecule has 1 rings (SSSR count). The Morgan fingerprint density at radius 1 is 1.31 bits per heavy atom. The molecule has 4 heteroatoms. The number of urea groups is 1. The second-order valence-electron chi connectivity index (χ2n) is 4.08. The SMILES string of the molecule is CC(N)CC(C)NC(=O)Nc1ccccc1. The van der Waals surface area contributed by atoms with Crippen molar-refractivity contribution in [1.29, 1.82) is 0 Å². The predicted molar refractivity (Wildman–Crippen MR) is 66.3 cm³/mol. The maximum atomic E-state index is 11.5. The summed E-state index contributed by atoms with van der Waals surface area (Å²) in [7, 11) is 0. The highest BCUT2D eigenvalue weighted by atomic mass is 16.2. The normalized spacial score (nSPS) is 13.9. The maximum absolute atomic E-state index is 11.5. The van der Waals surface area contributed by atoms with Gasteiger partial charge in [0.2, 0.25) is 0 Å². The fourth-order valence-electron chi connectivity index (χ4n) is 1.53. The van der Waals surface area contributed by atoms with Crippen molar-refractivity contribution in [1.82, 2.24) is 5.32 Å². The van der Waals surface area contributed by atoms with E-state index < -0.39 is 0 Å². The number of hydrogen-bond acceptors (Lipinski definition) is 2. The zero-order valence-corrected chi connectivity index (χ0v) is 9.73. The molecule has 1 aromatic carbocycles. The number of carbonyl (C=O) groups is 1. The molecule has 0 aliphatic rings. The van der Waals surface area contributed by atoms with Gasteiger partial charge in [0.25, 0.3) is 0 Å². The number of amides is 2. The number of nitrogens with two attached hydrogens (primary N) is 1. The number of para-hydroxylation sites is 1. The van der Waals surface area contributed by atoms with Crippen molar-refractivity contribution >= 4 is 11.7 Å². The van der Waals surface area contributed by atoms with Gasteiger partial charge >= 0.3 is 6.03 Å². The van der Waals surface area contributed by atoms with Gasteiger partial charge in [-0.05, 0) is 32.4 Å². The number of anilines is 1. The van der Waals surface area contributed by atoms with E-state index in [1.165, 1.54) is 0 Å². The Hall–Kier alpha value is -1.55. The summed E-state index contributed by atoms with van der Waals surface area (Å²) < 4.78 is 0. The van der Waals surface area contributed by atoms with E-state index in [4.69, 9.17) is 5.73 Å². The van der Waals surface area contributed by atoms with Crippen LogP contribution in [0.15, 0.2) is 30.3 Å². The molecule has 0 bridgehead atoms. The molecule has 0 radical (unpaired) electrons. The van der Waals surface area contributed by atoms with E-state index in [9.17, 15) is 4.79 Å². The third kappa shape index (κ3) is 4.79. The van der Waals surface area contributed by atoms with Crippen LogP contribution in [0.2, 0.25) is 0 Å². The topological polar surface area (TPSA) is 67.1 Å². The monoisotopic (exact) mass is 221 g/mol. The average molecular weight is 221 g/mol. The predicted octanol–water partition coefficient (Wildman–Crippen LogP) is 1.93. The van der Waals surface area contributed by atoms with Gasteiger partial charge in [0.05, 0.1) is 0 Å². The summed E-state index contributed by atoms with van der Waals surface area (Å²) >= 11 is 0. The number of rotatable bonds is 4. The van der Waals surface area contributed by atoms with Gasteiger partial charge < -0.3 is 16.4 Å². The van der Waals surface area contributed by atoms with Crippen LogP contribution >= 0.6 is 0 Å². The minimum Gasteiger partial charge on any atom is -0.335 e. The van der Waals surface area contributed by atoms with E-state index in [0.717, 1.165) is 12.1 Å². The molecule has 0 aliphatic carbocycles. The smallest absolute Gasteiger partial charge is 0.319 e. The maximum Gasteiger partial charge on any atom is 0.319 e. The van der Waals surface area contributed by atoms with Crippen molar-refractivity contribution in [3.8, 4) is 0 Å². The van der Waals surface area contributed by atoms with E-state index >= 15 is 0 Å². The average Bonchev–Trinajstić information content (AvgIpc) is 2.17. The van der Waals surface area contributed by atoms with Crippen LogP contribution in [0.25, 0.3) is 0 Å². The summed E-state index contributed by atoms with van der Waals surface area (Å²) in [5.41, 5.74) is 6.44. The Balaban J connectivity index is 2.36. The summed E-state index contributed by atoms with van der Waals surface area (Å²) in [6.07, 6.45) is 0.766. The van der Waals surface area contributed by atoms with Gasteiger partial charge in [0.15, 0.2) is 0 Å². The van der Waals surface area contributed by atoms with Crippen LogP contribution in [0.5, 0.6) is 0 Å². The molecule has 0 aromatic heterocycles. The minimum atomic E-state index is -0.195. The van der Waals surface area contributed by atoms with E-state index in [1.54, 1.807) is 0 Å². The number of benzene rings is 1. The van der Waals surface area contributed by atoms with E-state index in [2.05, 4.69) is 10.6 Å². The van der Waals surface area contributed by atoms with Crippen LogP contribution in [-0.2, 0) is 0 Å². The van der Waals surface area contributed by atoms with Crippen LogP contribution in [0.3, 0.4) is 0 Å². The molecular formula is C12H19N3O. The fraction of sp³-hybridized carbons (Fsp3) is 0.417. The Kier molecular flexibility index (Phi) is 4.79. The van der Waals surface area contributed by atoms with Crippen LogP contribution < -0.4 is 16.4 Å². The zero-order valence-electron chi connectivity index (χ0n) is 9.73. The van der Waals surface area contributed by atoms with Crippen LogP contribution in [0, 0.1) is 0 Å².